The zero-order valence-electron chi connectivity index (χ0n) is 19.6. The molecular formula is C31H34F2. The van der Waals surface area contributed by atoms with Crippen LogP contribution in [-0.2, 0) is 19.3 Å². The summed E-state index contributed by atoms with van der Waals surface area (Å²) in [5.41, 5.74) is 4.21. The molecule has 1 fully saturated rings. The van der Waals surface area contributed by atoms with E-state index < -0.39 is 11.6 Å². The van der Waals surface area contributed by atoms with Crippen LogP contribution in [0.5, 0.6) is 0 Å². The van der Waals surface area contributed by atoms with Gasteiger partial charge in [0.25, 0.3) is 0 Å². The summed E-state index contributed by atoms with van der Waals surface area (Å²) in [4.78, 5) is 0. The van der Waals surface area contributed by atoms with Crippen molar-refractivity contribution < 1.29 is 8.78 Å². The van der Waals surface area contributed by atoms with E-state index in [9.17, 15) is 8.78 Å². The van der Waals surface area contributed by atoms with Gasteiger partial charge in [-0.05, 0) is 110 Å². The second-order valence-electron chi connectivity index (χ2n) is 9.42. The molecular weight excluding hydrogens is 410 g/mol. The van der Waals surface area contributed by atoms with Crippen molar-refractivity contribution >= 4 is 10.8 Å². The Morgan fingerprint density at radius 1 is 0.848 bits per heavy atom. The number of allylic oxidation sites excluding steroid dienone is 3. The first kappa shape index (κ1) is 23.4. The normalized spacial score (nSPS) is 18.8. The van der Waals surface area contributed by atoms with E-state index in [1.165, 1.54) is 36.8 Å². The lowest BCUT2D eigenvalue weighted by Crippen LogP contribution is -2.11. The summed E-state index contributed by atoms with van der Waals surface area (Å²) in [5, 5.41) is 1.15. The van der Waals surface area contributed by atoms with E-state index in [1.807, 2.05) is 37.3 Å². The summed E-state index contributed by atoms with van der Waals surface area (Å²) in [7, 11) is 0. The van der Waals surface area contributed by atoms with Crippen LogP contribution in [0.15, 0.2) is 73.3 Å². The maximum Gasteiger partial charge on any atom is 0.166 e. The van der Waals surface area contributed by atoms with Crippen molar-refractivity contribution in [2.45, 2.75) is 64.2 Å². The summed E-state index contributed by atoms with van der Waals surface area (Å²) in [6, 6.07) is 16.6. The van der Waals surface area contributed by atoms with Gasteiger partial charge in [0, 0.05) is 5.39 Å². The minimum atomic E-state index is -0.722. The second kappa shape index (κ2) is 10.9. The highest BCUT2D eigenvalue weighted by Crippen LogP contribution is 2.36. The molecule has 2 heteroatoms. The first-order valence-electron chi connectivity index (χ1n) is 12.3. The molecule has 172 valence electrons. The van der Waals surface area contributed by atoms with Gasteiger partial charge in [-0.15, -0.1) is 6.58 Å². The summed E-state index contributed by atoms with van der Waals surface area (Å²) < 4.78 is 29.4. The Morgan fingerprint density at radius 3 is 2.24 bits per heavy atom. The number of hydrogen-bond acceptors (Lipinski definition) is 0. The average Bonchev–Trinajstić information content (AvgIpc) is 2.86. The van der Waals surface area contributed by atoms with Gasteiger partial charge in [-0.2, -0.15) is 0 Å². The molecule has 0 saturated heterocycles. The topological polar surface area (TPSA) is 0 Å². The van der Waals surface area contributed by atoms with E-state index >= 15 is 0 Å². The van der Waals surface area contributed by atoms with Crippen molar-refractivity contribution in [1.29, 1.82) is 0 Å². The Morgan fingerprint density at radius 2 is 1.55 bits per heavy atom. The smallest absolute Gasteiger partial charge is 0.166 e. The standard InChI is InChI=1S/C31H34F2/c1-3-5-6-7-28-21-27-19-14-24(20-29(27)31(33)30(28)32)9-8-23-12-17-26(18-13-23)25-15-10-22(4-2)11-16-25/h3-5,12-14,17-22,25H,2,6-11,15-16H2,1H3/b5-3+. The van der Waals surface area contributed by atoms with Crippen LogP contribution in [0.4, 0.5) is 8.78 Å². The van der Waals surface area contributed by atoms with Gasteiger partial charge in [-0.1, -0.05) is 54.6 Å². The second-order valence-corrected chi connectivity index (χ2v) is 9.42. The quantitative estimate of drug-likeness (QED) is 0.304. The van der Waals surface area contributed by atoms with Crippen LogP contribution in [0.1, 0.15) is 67.2 Å². The summed E-state index contributed by atoms with van der Waals surface area (Å²) >= 11 is 0. The average molecular weight is 445 g/mol. The lowest BCUT2D eigenvalue weighted by molar-refractivity contribution is 0.376. The Kier molecular flexibility index (Phi) is 7.75. The van der Waals surface area contributed by atoms with Crippen LogP contribution in [0, 0.1) is 17.6 Å². The fourth-order valence-electron chi connectivity index (χ4n) is 5.11. The maximum atomic E-state index is 14.8. The molecule has 3 aromatic carbocycles. The number of benzene rings is 3. The fourth-order valence-corrected chi connectivity index (χ4v) is 5.11. The number of aryl methyl sites for hydroxylation is 3. The van der Waals surface area contributed by atoms with Crippen LogP contribution in [-0.4, -0.2) is 0 Å². The number of fused-ring (bicyclic) bond motifs is 1. The highest BCUT2D eigenvalue weighted by Gasteiger charge is 2.20. The molecule has 0 heterocycles. The summed E-state index contributed by atoms with van der Waals surface area (Å²) in [6.45, 7) is 5.87. The Hall–Kier alpha value is -2.74. The van der Waals surface area contributed by atoms with Crippen LogP contribution in [0.2, 0.25) is 0 Å². The molecule has 0 unspecified atom stereocenters. The van der Waals surface area contributed by atoms with Gasteiger partial charge in [-0.25, -0.2) is 8.78 Å². The first-order valence-corrected chi connectivity index (χ1v) is 12.3. The predicted molar refractivity (Wildman–Crippen MR) is 136 cm³/mol. The molecule has 1 aliphatic rings. The van der Waals surface area contributed by atoms with Gasteiger partial charge in [-0.3, -0.25) is 0 Å². The van der Waals surface area contributed by atoms with Gasteiger partial charge < -0.3 is 0 Å². The molecule has 0 amide bonds. The van der Waals surface area contributed by atoms with Gasteiger partial charge >= 0.3 is 0 Å². The Bertz CT molecular complexity index is 1120. The zero-order valence-corrected chi connectivity index (χ0v) is 19.6. The van der Waals surface area contributed by atoms with E-state index in [-0.39, 0.29) is 0 Å². The molecule has 1 saturated carbocycles. The van der Waals surface area contributed by atoms with E-state index in [4.69, 9.17) is 0 Å². The molecule has 0 aliphatic heterocycles. The monoisotopic (exact) mass is 444 g/mol. The summed E-state index contributed by atoms with van der Waals surface area (Å²) in [5.74, 6) is -0.0793. The highest BCUT2D eigenvalue weighted by molar-refractivity contribution is 5.84. The van der Waals surface area contributed by atoms with Crippen LogP contribution in [0.25, 0.3) is 10.8 Å². The van der Waals surface area contributed by atoms with E-state index in [0.717, 1.165) is 23.8 Å². The molecule has 0 atom stereocenters. The minimum Gasteiger partial charge on any atom is -0.203 e. The van der Waals surface area contributed by atoms with Gasteiger partial charge in [0.05, 0.1) is 0 Å². The third-order valence-electron chi connectivity index (χ3n) is 7.23. The zero-order chi connectivity index (χ0) is 23.2. The molecule has 0 N–H and O–H groups in total. The van der Waals surface area contributed by atoms with E-state index in [2.05, 4.69) is 36.9 Å². The fraction of sp³-hybridized carbons (Fsp3) is 0.355. The Balaban J connectivity index is 1.41. The molecule has 1 aliphatic carbocycles. The highest BCUT2D eigenvalue weighted by atomic mass is 19.2. The molecule has 0 spiro atoms. The number of halogens is 2. The molecule has 0 nitrogen and oxygen atoms in total. The summed E-state index contributed by atoms with van der Waals surface area (Å²) in [6.07, 6.45) is 13.9. The van der Waals surface area contributed by atoms with E-state index in [1.54, 1.807) is 6.07 Å². The van der Waals surface area contributed by atoms with Crippen molar-refractivity contribution in [1.82, 2.24) is 0 Å². The molecule has 0 radical (unpaired) electrons. The third kappa shape index (κ3) is 5.61. The number of rotatable bonds is 8. The molecule has 0 aromatic heterocycles. The van der Waals surface area contributed by atoms with Crippen molar-refractivity contribution in [2.75, 3.05) is 0 Å². The number of hydrogen-bond donors (Lipinski definition) is 0. The molecule has 0 bridgehead atoms. The van der Waals surface area contributed by atoms with E-state index in [0.29, 0.717) is 35.6 Å². The minimum absolute atomic E-state index is 0.380. The lowest BCUT2D eigenvalue weighted by atomic mass is 9.78. The van der Waals surface area contributed by atoms with Crippen molar-refractivity contribution in [3.63, 3.8) is 0 Å². The lowest BCUT2D eigenvalue weighted by Gasteiger charge is -2.27. The van der Waals surface area contributed by atoms with Gasteiger partial charge in [0.15, 0.2) is 11.6 Å². The van der Waals surface area contributed by atoms with Crippen molar-refractivity contribution in [3.8, 4) is 0 Å². The van der Waals surface area contributed by atoms with Crippen LogP contribution < -0.4 is 0 Å². The predicted octanol–water partition coefficient (Wildman–Crippen LogP) is 8.87. The van der Waals surface area contributed by atoms with Crippen LogP contribution in [0.3, 0.4) is 0 Å². The third-order valence-corrected chi connectivity index (χ3v) is 7.23. The maximum absolute atomic E-state index is 14.8. The van der Waals surface area contributed by atoms with Gasteiger partial charge in [0.2, 0.25) is 0 Å². The van der Waals surface area contributed by atoms with Gasteiger partial charge in [0.1, 0.15) is 0 Å². The van der Waals surface area contributed by atoms with Crippen molar-refractivity contribution in [3.05, 3.63) is 107 Å². The molecule has 33 heavy (non-hydrogen) atoms. The molecule has 3 aromatic rings. The SMILES string of the molecule is C=CC1CCC(c2ccc(CCc3ccc4cc(CC/C=C/C)c(F)c(F)c4c3)cc2)CC1. The Labute approximate surface area is 197 Å². The largest absolute Gasteiger partial charge is 0.203 e. The molecule has 4 rings (SSSR count). The van der Waals surface area contributed by atoms with Crippen molar-refractivity contribution in [2.24, 2.45) is 5.92 Å². The first-order chi connectivity index (χ1) is 16.1. The van der Waals surface area contributed by atoms with Crippen LogP contribution >= 0.6 is 0 Å².